The van der Waals surface area contributed by atoms with E-state index < -0.39 is 33.7 Å². The highest BCUT2D eigenvalue weighted by atomic mass is 35.5. The van der Waals surface area contributed by atoms with Crippen molar-refractivity contribution in [3.8, 4) is 17.8 Å². The predicted octanol–water partition coefficient (Wildman–Crippen LogP) is 5.76. The first-order valence-corrected chi connectivity index (χ1v) is 15.5. The maximum Gasteiger partial charge on any atom is 0.360 e. The Hall–Kier alpha value is -4.44. The summed E-state index contributed by atoms with van der Waals surface area (Å²) in [7, 11) is -2.84. The van der Waals surface area contributed by atoms with Crippen LogP contribution in [0.15, 0.2) is 69.8 Å². The van der Waals surface area contributed by atoms with E-state index in [0.29, 0.717) is 25.2 Å². The molecule has 1 aliphatic rings. The number of rotatable bonds is 16. The fourth-order valence-corrected chi connectivity index (χ4v) is 4.66. The van der Waals surface area contributed by atoms with Crippen LogP contribution in [0.3, 0.4) is 0 Å². The molecular formula is C28H30ClF2N7O6S. The predicted molar refractivity (Wildman–Crippen MR) is 159 cm³/mol. The molecule has 17 heteroatoms. The Kier molecular flexibility index (Phi) is 11.9. The van der Waals surface area contributed by atoms with Gasteiger partial charge in [0.25, 0.3) is 0 Å². The van der Waals surface area contributed by atoms with Crippen molar-refractivity contribution in [2.45, 2.75) is 45.3 Å². The van der Waals surface area contributed by atoms with Crippen LogP contribution in [-0.4, -0.2) is 54.7 Å². The number of aromatic nitrogens is 4. The molecule has 13 nitrogen and oxygen atoms in total. The molecule has 0 amide bonds. The lowest BCUT2D eigenvalue weighted by Crippen LogP contribution is -2.14. The molecule has 0 saturated carbocycles. The highest BCUT2D eigenvalue weighted by molar-refractivity contribution is 7.91. The third-order valence-corrected chi connectivity index (χ3v) is 7.08. The molecule has 0 unspecified atom stereocenters. The highest BCUT2D eigenvalue weighted by Gasteiger charge is 2.17. The summed E-state index contributed by atoms with van der Waals surface area (Å²) in [5, 5.41) is 3.48. The van der Waals surface area contributed by atoms with Crippen LogP contribution in [0.4, 0.5) is 14.6 Å². The van der Waals surface area contributed by atoms with Crippen LogP contribution < -0.4 is 18.9 Å². The third kappa shape index (κ3) is 10.9. The maximum absolute atomic E-state index is 14.2. The molecule has 2 heterocycles. The normalized spacial score (nSPS) is 14.0. The van der Waals surface area contributed by atoms with E-state index in [4.69, 9.17) is 30.5 Å². The van der Waals surface area contributed by atoms with Gasteiger partial charge in [0.1, 0.15) is 19.0 Å². The van der Waals surface area contributed by atoms with Crippen LogP contribution in [0.25, 0.3) is 0 Å². The fourth-order valence-electron chi connectivity index (χ4n) is 3.82. The molecule has 0 bridgehead atoms. The average Bonchev–Trinajstić information content (AvgIpc) is 3.03. The highest BCUT2D eigenvalue weighted by Crippen LogP contribution is 2.21. The van der Waals surface area contributed by atoms with Crippen LogP contribution in [0.1, 0.15) is 38.2 Å². The minimum Gasteiger partial charge on any atom is -0.501 e. The molecule has 4 rings (SSSR count). The minimum atomic E-state index is -4.42. The summed E-state index contributed by atoms with van der Waals surface area (Å²) >= 11 is 5.64. The van der Waals surface area contributed by atoms with E-state index in [1.54, 1.807) is 38.3 Å². The molecule has 1 aromatic carbocycles. The molecule has 1 atom stereocenters. The first-order chi connectivity index (χ1) is 21.6. The molecule has 1 aliphatic carbocycles. The van der Waals surface area contributed by atoms with Crippen LogP contribution in [0.2, 0.25) is 5.15 Å². The van der Waals surface area contributed by atoms with Crippen molar-refractivity contribution in [2.75, 3.05) is 25.0 Å². The van der Waals surface area contributed by atoms with Crippen molar-refractivity contribution in [3.05, 3.63) is 82.5 Å². The van der Waals surface area contributed by atoms with Crippen molar-refractivity contribution < 1.29 is 36.1 Å². The van der Waals surface area contributed by atoms with Gasteiger partial charge in [-0.25, -0.2) is 23.5 Å². The van der Waals surface area contributed by atoms with Crippen molar-refractivity contribution >= 4 is 27.6 Å². The third-order valence-electron chi connectivity index (χ3n) is 6.05. The number of allylic oxidation sites excluding steroid dienone is 2. The molecule has 0 fully saturated rings. The summed E-state index contributed by atoms with van der Waals surface area (Å²) in [4.78, 5) is 15.0. The molecule has 1 N–H and O–H groups in total. The summed E-state index contributed by atoms with van der Waals surface area (Å²) in [5.41, 5.74) is 1.58. The van der Waals surface area contributed by atoms with E-state index >= 15 is 0 Å². The maximum atomic E-state index is 14.2. The Balaban J connectivity index is 1.20. The van der Waals surface area contributed by atoms with Crippen molar-refractivity contribution in [1.82, 2.24) is 19.9 Å². The first kappa shape index (κ1) is 33.5. The number of halogens is 3. The van der Waals surface area contributed by atoms with Gasteiger partial charge in [-0.2, -0.15) is 23.5 Å². The first-order valence-electron chi connectivity index (χ1n) is 13.7. The summed E-state index contributed by atoms with van der Waals surface area (Å²) in [6, 6.07) is 6.35. The zero-order valence-electron chi connectivity index (χ0n) is 24.3. The van der Waals surface area contributed by atoms with Gasteiger partial charge in [0.15, 0.2) is 22.6 Å². The van der Waals surface area contributed by atoms with Crippen molar-refractivity contribution in [1.29, 1.82) is 0 Å². The van der Waals surface area contributed by atoms with Gasteiger partial charge in [0.2, 0.25) is 0 Å². The van der Waals surface area contributed by atoms with E-state index in [1.165, 1.54) is 0 Å². The number of benzene rings is 1. The number of hydrogen-bond donors (Lipinski definition) is 1. The van der Waals surface area contributed by atoms with Crippen molar-refractivity contribution in [2.24, 2.45) is 9.63 Å². The number of nitrogens with zero attached hydrogens (tertiary/aromatic N) is 6. The Morgan fingerprint density at radius 2 is 1.82 bits per heavy atom. The van der Waals surface area contributed by atoms with Gasteiger partial charge >= 0.3 is 22.2 Å². The lowest BCUT2D eigenvalue weighted by Gasteiger charge is -2.13. The second-order valence-corrected chi connectivity index (χ2v) is 11.3. The fraction of sp³-hybridized carbons (Fsp3) is 0.357. The standard InChI is InChI=1S/C28H30ClF2N7O6S/c1-18(6-5-11-42-22-10-4-8-20(13-22)17-43-27-32-14-23(30)25(29)34-27)36-38-45(39,40)37-26-24(31)15-33-28(35-26)44-16-19-7-3-9-21(12-19)41-2/h4,7-8,10,12-15,18H,3,5-6,9,11,16-17H2,1-2H3,(H,33,35,37)/t18-/m1/s1. The molecule has 45 heavy (non-hydrogen) atoms. The quantitative estimate of drug-likeness (QED) is 0.113. The molecule has 0 aliphatic heterocycles. The molecule has 2 aromatic heterocycles. The SMILES string of the molecule is COC1=CC(COc2ncc(F)c(NS(=O)(=O)N=N[C@H](C)CCCOc3cccc(COc4ncc(F)c(Cl)n4)c3)n2)=CCC1. The Bertz CT molecular complexity index is 1680. The Morgan fingerprint density at radius 3 is 2.60 bits per heavy atom. The summed E-state index contributed by atoms with van der Waals surface area (Å²) in [6.07, 6.45) is 8.06. The van der Waals surface area contributed by atoms with Gasteiger partial charge in [-0.15, -0.1) is 0 Å². The summed E-state index contributed by atoms with van der Waals surface area (Å²) in [5.74, 6) is -0.983. The van der Waals surface area contributed by atoms with Crippen LogP contribution in [0.5, 0.6) is 17.8 Å². The van der Waals surface area contributed by atoms with E-state index in [9.17, 15) is 17.2 Å². The summed E-state index contributed by atoms with van der Waals surface area (Å²) < 4.78 is 79.5. The van der Waals surface area contributed by atoms with Crippen molar-refractivity contribution in [3.63, 3.8) is 0 Å². The zero-order valence-corrected chi connectivity index (χ0v) is 25.9. The van der Waals surface area contributed by atoms with E-state index in [2.05, 4.69) is 29.6 Å². The minimum absolute atomic E-state index is 0.0588. The van der Waals surface area contributed by atoms with Gasteiger partial charge in [-0.05, 0) is 60.1 Å². The molecule has 240 valence electrons. The number of methoxy groups -OCH3 is 1. The van der Waals surface area contributed by atoms with Crippen LogP contribution in [0, 0.1) is 11.6 Å². The number of anilines is 1. The Morgan fingerprint density at radius 1 is 1.07 bits per heavy atom. The monoisotopic (exact) mass is 665 g/mol. The van der Waals surface area contributed by atoms with Gasteiger partial charge in [-0.3, -0.25) is 0 Å². The average molecular weight is 666 g/mol. The van der Waals surface area contributed by atoms with Gasteiger partial charge in [0, 0.05) is 6.42 Å². The Labute approximate surface area is 263 Å². The zero-order chi connectivity index (χ0) is 32.2. The molecule has 0 radical (unpaired) electrons. The van der Waals surface area contributed by atoms with Gasteiger partial charge in [0.05, 0.1) is 37.9 Å². The van der Waals surface area contributed by atoms with Crippen LogP contribution >= 0.6 is 11.6 Å². The molecular weight excluding hydrogens is 636 g/mol. The van der Waals surface area contributed by atoms with E-state index in [0.717, 1.165) is 42.1 Å². The number of ether oxygens (including phenoxy) is 4. The van der Waals surface area contributed by atoms with Crippen LogP contribution in [-0.2, 0) is 21.6 Å². The summed E-state index contributed by atoms with van der Waals surface area (Å²) in [6.45, 7) is 2.20. The van der Waals surface area contributed by atoms with Gasteiger partial charge in [-0.1, -0.05) is 29.8 Å². The molecule has 0 saturated heterocycles. The number of nitrogens with one attached hydrogen (secondary N) is 1. The molecule has 3 aromatic rings. The topological polar surface area (TPSA) is 159 Å². The smallest absolute Gasteiger partial charge is 0.360 e. The van der Waals surface area contributed by atoms with Gasteiger partial charge < -0.3 is 18.9 Å². The lowest BCUT2D eigenvalue weighted by atomic mass is 10.1. The number of hydrogen-bond acceptors (Lipinski definition) is 11. The van der Waals surface area contributed by atoms with E-state index in [-0.39, 0.29) is 30.4 Å². The second-order valence-electron chi connectivity index (χ2n) is 9.61. The molecule has 0 spiro atoms. The second kappa shape index (κ2) is 16.0. The largest absolute Gasteiger partial charge is 0.501 e. The lowest BCUT2D eigenvalue weighted by molar-refractivity contribution is 0.272. The van der Waals surface area contributed by atoms with E-state index in [1.807, 2.05) is 16.9 Å².